The number of nitrogen functional groups attached to an aromatic ring is 3. The Balaban J connectivity index is 0.000000144. The molecule has 0 radical (unpaired) electrons. The second kappa shape index (κ2) is 25.9. The number of benzene rings is 6. The van der Waals surface area contributed by atoms with Gasteiger partial charge in [0.1, 0.15) is 23.7 Å². The molecule has 1 amide bonds. The number of nitrogens with zero attached hydrogens (tertiary/aromatic N) is 6. The minimum atomic E-state index is -0.309. The molecule has 12 rings (SSSR count). The Morgan fingerprint density at radius 1 is 0.483 bits per heavy atom. The molecule has 6 aromatic carbocycles. The highest BCUT2D eigenvalue weighted by Crippen LogP contribution is 2.36. The largest absolute Gasteiger partial charge is 0.392 e. The van der Waals surface area contributed by atoms with Gasteiger partial charge in [-0.2, -0.15) is 15.3 Å². The topological polar surface area (TPSA) is 304 Å². The molecule has 19 heteroatoms. The average molecular weight is 1170 g/mol. The monoisotopic (exact) mass is 1170 g/mol. The summed E-state index contributed by atoms with van der Waals surface area (Å²) in [4.78, 5) is 87.0. The van der Waals surface area contributed by atoms with Crippen LogP contribution >= 0.6 is 0 Å². The summed E-state index contributed by atoms with van der Waals surface area (Å²) in [6.07, 6.45) is 12.6. The van der Waals surface area contributed by atoms with Crippen molar-refractivity contribution in [2.45, 2.75) is 91.4 Å². The molecule has 0 unspecified atom stereocenters. The number of nitrogens with one attached hydrogen (secondary N) is 1. The van der Waals surface area contributed by atoms with Crippen LogP contribution in [0.3, 0.4) is 0 Å². The lowest BCUT2D eigenvalue weighted by Crippen LogP contribution is -2.25. The lowest BCUT2D eigenvalue weighted by Gasteiger charge is -2.11. The number of carbonyl (C=O) groups excluding carboxylic acids is 7. The molecule has 0 aliphatic heterocycles. The molecule has 3 heterocycles. The lowest BCUT2D eigenvalue weighted by atomic mass is 10.0. The molecular weight excluding hydrogens is 1100 g/mol. The fraction of sp³-hybridized carbons (Fsp3) is 0.235. The van der Waals surface area contributed by atoms with Crippen LogP contribution in [0.5, 0.6) is 0 Å². The first-order valence-corrected chi connectivity index (χ1v) is 28.7. The molecule has 0 saturated heterocycles. The summed E-state index contributed by atoms with van der Waals surface area (Å²) < 4.78 is 4.47. The number of amides is 1. The summed E-state index contributed by atoms with van der Waals surface area (Å²) in [5, 5.41) is 34.5. The van der Waals surface area contributed by atoms with Gasteiger partial charge in [0.05, 0.1) is 65.6 Å². The molecule has 19 nitrogen and oxygen atoms in total. The lowest BCUT2D eigenvalue weighted by molar-refractivity contribution is 0.0946. The Labute approximate surface area is 501 Å². The number of aromatic nitrogens is 6. The van der Waals surface area contributed by atoms with Crippen LogP contribution in [0.2, 0.25) is 0 Å². The average Bonchev–Trinajstić information content (AvgIpc) is 3.36. The molecule has 9 N–H and O–H groups in total. The minimum Gasteiger partial charge on any atom is -0.392 e. The van der Waals surface area contributed by atoms with E-state index < -0.39 is 0 Å². The van der Waals surface area contributed by atoms with Crippen LogP contribution in [0.1, 0.15) is 168 Å². The van der Waals surface area contributed by atoms with E-state index in [1.807, 2.05) is 51.1 Å². The van der Waals surface area contributed by atoms with Crippen molar-refractivity contribution in [2.75, 3.05) is 17.2 Å². The molecule has 3 saturated carbocycles. The van der Waals surface area contributed by atoms with Crippen molar-refractivity contribution in [1.82, 2.24) is 34.7 Å². The third-order valence-corrected chi connectivity index (χ3v) is 15.7. The van der Waals surface area contributed by atoms with E-state index in [1.165, 1.54) is 38.7 Å². The number of Topliss-reactive ketones (excluding diaryl/α,β-unsaturated/α-hetero) is 2. The number of anilines is 3. The van der Waals surface area contributed by atoms with E-state index in [-0.39, 0.29) is 88.2 Å². The summed E-state index contributed by atoms with van der Waals surface area (Å²) in [6, 6.07) is 36.6. The van der Waals surface area contributed by atoms with Crippen molar-refractivity contribution in [2.24, 2.45) is 11.8 Å². The fourth-order valence-corrected chi connectivity index (χ4v) is 9.92. The van der Waals surface area contributed by atoms with Gasteiger partial charge < -0.3 is 32.7 Å². The van der Waals surface area contributed by atoms with Gasteiger partial charge in [-0.25, -0.2) is 14.0 Å². The third kappa shape index (κ3) is 13.8. The van der Waals surface area contributed by atoms with Crippen molar-refractivity contribution in [3.63, 3.8) is 0 Å². The summed E-state index contributed by atoms with van der Waals surface area (Å²) in [7, 11) is 0. The zero-order valence-corrected chi connectivity index (χ0v) is 48.4. The van der Waals surface area contributed by atoms with Crippen molar-refractivity contribution < 1.29 is 43.8 Å². The van der Waals surface area contributed by atoms with Gasteiger partial charge in [0.25, 0.3) is 5.91 Å². The Morgan fingerprint density at radius 2 is 0.851 bits per heavy atom. The SMILES string of the molecule is Cc1ccc(C(=O)CC2CC2)cc1-n1ncc(C(=O)c2cccc(C=O)c2)c1N.Cc1ccc(C(=O)CC2CC2)cc1-n1ncc(C(=O)c2cccc(CO)c2)c1N.Cc1ccc(C(=O)NC2CC2)cc1-n1ncc(C(=O)c2cccc(CO)c2)c1N. The van der Waals surface area contributed by atoms with Gasteiger partial charge in [-0.05, 0) is 141 Å². The number of carbonyl (C=O) groups is 7. The zero-order chi connectivity index (χ0) is 61.6. The van der Waals surface area contributed by atoms with E-state index in [1.54, 1.807) is 91.0 Å². The van der Waals surface area contributed by atoms with Crippen LogP contribution in [0.4, 0.5) is 17.5 Å². The van der Waals surface area contributed by atoms with Gasteiger partial charge in [0, 0.05) is 57.8 Å². The second-order valence-corrected chi connectivity index (χ2v) is 22.4. The number of aliphatic hydroxyl groups excluding tert-OH is 2. The maximum absolute atomic E-state index is 12.9. The van der Waals surface area contributed by atoms with Gasteiger partial charge in [0.2, 0.25) is 0 Å². The zero-order valence-electron chi connectivity index (χ0n) is 48.4. The number of aldehydes is 1. The molecule has 0 bridgehead atoms. The van der Waals surface area contributed by atoms with Crippen molar-refractivity contribution in [3.8, 4) is 17.1 Å². The van der Waals surface area contributed by atoms with E-state index in [9.17, 15) is 43.8 Å². The molecule has 3 aromatic heterocycles. The van der Waals surface area contributed by atoms with Crippen LogP contribution in [0, 0.1) is 32.6 Å². The Kier molecular flexibility index (Phi) is 17.9. The molecule has 87 heavy (non-hydrogen) atoms. The van der Waals surface area contributed by atoms with Gasteiger partial charge in [-0.1, -0.05) is 84.9 Å². The molecule has 0 spiro atoms. The number of aryl methyl sites for hydroxylation is 3. The van der Waals surface area contributed by atoms with Gasteiger partial charge >= 0.3 is 0 Å². The van der Waals surface area contributed by atoms with Crippen LogP contribution in [0.25, 0.3) is 17.1 Å². The van der Waals surface area contributed by atoms with E-state index in [4.69, 9.17) is 17.2 Å². The highest BCUT2D eigenvalue weighted by molar-refractivity contribution is 6.13. The van der Waals surface area contributed by atoms with Crippen LogP contribution < -0.4 is 22.5 Å². The number of aliphatic hydroxyl groups is 2. The van der Waals surface area contributed by atoms with E-state index in [0.29, 0.717) is 98.1 Å². The maximum atomic E-state index is 12.9. The van der Waals surface area contributed by atoms with E-state index in [0.717, 1.165) is 55.2 Å². The predicted octanol–water partition coefficient (Wildman–Crippen LogP) is 9.64. The van der Waals surface area contributed by atoms with Crippen molar-refractivity contribution in [3.05, 3.63) is 229 Å². The molecule has 9 aromatic rings. The number of ketones is 5. The molecule has 0 atom stereocenters. The van der Waals surface area contributed by atoms with Crippen molar-refractivity contribution in [1.29, 1.82) is 0 Å². The Hall–Kier alpha value is -10.2. The number of nitrogens with two attached hydrogens (primary N) is 3. The van der Waals surface area contributed by atoms with Crippen LogP contribution in [0.15, 0.2) is 146 Å². The summed E-state index contributed by atoms with van der Waals surface area (Å²) in [5.74, 6) is 0.903. The first-order valence-electron chi connectivity index (χ1n) is 28.7. The first-order chi connectivity index (χ1) is 41.9. The van der Waals surface area contributed by atoms with E-state index in [2.05, 4.69) is 20.6 Å². The van der Waals surface area contributed by atoms with Crippen molar-refractivity contribution >= 4 is 58.6 Å². The molecular formula is C68H66N10O9. The molecule has 3 aliphatic rings. The fourth-order valence-electron chi connectivity index (χ4n) is 9.92. The molecule has 3 fully saturated rings. The minimum absolute atomic E-state index is 0.112. The highest BCUT2D eigenvalue weighted by Gasteiger charge is 2.29. The van der Waals surface area contributed by atoms with Gasteiger partial charge in [-0.3, -0.25) is 33.6 Å². The first kappa shape index (κ1) is 59.9. The summed E-state index contributed by atoms with van der Waals surface area (Å²) >= 11 is 0. The summed E-state index contributed by atoms with van der Waals surface area (Å²) in [5.41, 5.74) is 29.0. The molecule has 442 valence electrons. The van der Waals surface area contributed by atoms with Crippen LogP contribution in [-0.2, 0) is 13.2 Å². The highest BCUT2D eigenvalue weighted by atomic mass is 16.3. The standard InChI is InChI=1S/C23H23N3O3.C23H21N3O3.C22H22N4O3/c2*1-14-5-8-17(21(28)10-15-6-7-15)11-20(14)26-23(24)19(12-25-26)22(29)18-4-2-3-16(9-18)13-27;1-13-5-6-16(22(29)25-17-7-8-17)10-19(13)26-21(23)18(11-24-26)20(28)15-4-2-3-14(9-15)12-27/h2-5,8-9,11-12,15,27H,6-7,10,13,24H2,1H3;2-5,8-9,11-13,15H,6-7,10,24H2,1H3;2-6,9-11,17,27H,7-8,12,23H2,1H3,(H,25,29). The molecule has 3 aliphatic carbocycles. The third-order valence-electron chi connectivity index (χ3n) is 15.7. The number of rotatable bonds is 20. The quantitative estimate of drug-likeness (QED) is 0.0306. The number of hydrogen-bond acceptors (Lipinski definition) is 15. The second-order valence-electron chi connectivity index (χ2n) is 22.4. The van der Waals surface area contributed by atoms with E-state index >= 15 is 0 Å². The predicted molar refractivity (Wildman–Crippen MR) is 329 cm³/mol. The van der Waals surface area contributed by atoms with Gasteiger partial charge in [-0.15, -0.1) is 0 Å². The normalized spacial score (nSPS) is 13.3. The number of hydrogen-bond donors (Lipinski definition) is 6. The maximum Gasteiger partial charge on any atom is 0.251 e. The van der Waals surface area contributed by atoms with Crippen LogP contribution in [-0.4, -0.2) is 86.7 Å². The summed E-state index contributed by atoms with van der Waals surface area (Å²) in [6.45, 7) is 5.42. The Morgan fingerprint density at radius 3 is 1.22 bits per heavy atom. The van der Waals surface area contributed by atoms with Gasteiger partial charge in [0.15, 0.2) is 28.9 Å². The Bertz CT molecular complexity index is 3990. The smallest absolute Gasteiger partial charge is 0.251 e.